The van der Waals surface area contributed by atoms with Crippen LogP contribution in [-0.4, -0.2) is 21.2 Å². The number of rotatable bonds is 11. The molecule has 3 aromatic carbocycles. The Morgan fingerprint density at radius 1 is 1.03 bits per heavy atom. The van der Waals surface area contributed by atoms with E-state index < -0.39 is 5.97 Å². The molecule has 4 rings (SSSR count). The Morgan fingerprint density at radius 3 is 2.38 bits per heavy atom. The van der Waals surface area contributed by atoms with E-state index in [2.05, 4.69) is 29.6 Å². The predicted molar refractivity (Wildman–Crippen MR) is 148 cm³/mol. The summed E-state index contributed by atoms with van der Waals surface area (Å²) in [5, 5.41) is 17.5. The zero-order chi connectivity index (χ0) is 26.4. The van der Waals surface area contributed by atoms with Crippen LogP contribution < -0.4 is 0 Å². The van der Waals surface area contributed by atoms with E-state index in [-0.39, 0.29) is 10.6 Å². The number of nitro benzene ring substituents is 1. The number of carbonyl (C=O) groups is 1. The fourth-order valence-corrected chi connectivity index (χ4v) is 4.85. The molecule has 0 amide bonds. The van der Waals surface area contributed by atoms with Crippen LogP contribution in [-0.2, 0) is 22.6 Å². The van der Waals surface area contributed by atoms with Gasteiger partial charge in [-0.3, -0.25) is 10.1 Å². The van der Waals surface area contributed by atoms with Crippen molar-refractivity contribution in [3.63, 3.8) is 0 Å². The molecule has 1 heterocycles. The molecule has 7 nitrogen and oxygen atoms in total. The maximum absolute atomic E-state index is 11.6. The Bertz CT molecular complexity index is 1440. The molecule has 0 aliphatic carbocycles. The van der Waals surface area contributed by atoms with E-state index in [1.165, 1.54) is 13.3 Å². The van der Waals surface area contributed by atoms with E-state index in [9.17, 15) is 14.9 Å². The number of non-ortho nitro benzene ring substituents is 1. The first-order chi connectivity index (χ1) is 17.9. The van der Waals surface area contributed by atoms with E-state index in [0.29, 0.717) is 18.1 Å². The summed E-state index contributed by atoms with van der Waals surface area (Å²) in [6.45, 7) is 6.60. The number of aromatic nitrogens is 1. The number of nitro groups is 1. The minimum absolute atomic E-state index is 0.0630. The lowest BCUT2D eigenvalue weighted by molar-refractivity contribution is -0.384. The van der Waals surface area contributed by atoms with Gasteiger partial charge in [-0.15, -0.1) is 0 Å². The van der Waals surface area contributed by atoms with Gasteiger partial charge in [0.05, 0.1) is 10.6 Å². The van der Waals surface area contributed by atoms with Crippen molar-refractivity contribution in [2.75, 3.05) is 0 Å². The summed E-state index contributed by atoms with van der Waals surface area (Å²) in [5.41, 5.74) is 4.53. The Hall–Kier alpha value is -4.00. The summed E-state index contributed by atoms with van der Waals surface area (Å²) in [6, 6.07) is 21.0. The summed E-state index contributed by atoms with van der Waals surface area (Å²) in [5.74, 6) is 0.0318. The largest absolute Gasteiger partial charge is 0.340 e. The van der Waals surface area contributed by atoms with Crippen molar-refractivity contribution in [2.45, 2.75) is 59.4 Å². The fourth-order valence-electron chi connectivity index (χ4n) is 4.85. The van der Waals surface area contributed by atoms with Gasteiger partial charge in [0.2, 0.25) is 0 Å². The number of hydrogen-bond acceptors (Lipinski definition) is 5. The lowest BCUT2D eigenvalue weighted by Crippen LogP contribution is -2.10. The lowest BCUT2D eigenvalue weighted by atomic mass is 9.99. The van der Waals surface area contributed by atoms with Gasteiger partial charge in [-0.2, -0.15) is 0 Å². The highest BCUT2D eigenvalue weighted by molar-refractivity contribution is 6.12. The molecule has 4 aromatic rings. The minimum atomic E-state index is -0.489. The smallest absolute Gasteiger partial charge is 0.331 e. The molecule has 1 aromatic heterocycles. The average Bonchev–Trinajstić information content (AvgIpc) is 3.21. The van der Waals surface area contributed by atoms with Crippen LogP contribution in [0.1, 0.15) is 57.6 Å². The third-order valence-electron chi connectivity index (χ3n) is 6.88. The molecule has 1 unspecified atom stereocenters. The molecular weight excluding hydrogens is 466 g/mol. The van der Waals surface area contributed by atoms with E-state index in [0.717, 1.165) is 58.7 Å². The van der Waals surface area contributed by atoms with E-state index in [4.69, 9.17) is 4.84 Å². The highest BCUT2D eigenvalue weighted by atomic mass is 16.7. The van der Waals surface area contributed by atoms with Gasteiger partial charge < -0.3 is 9.40 Å². The van der Waals surface area contributed by atoms with Crippen molar-refractivity contribution in [3.8, 4) is 0 Å². The van der Waals surface area contributed by atoms with Crippen LogP contribution in [0.25, 0.3) is 21.8 Å². The second-order valence-electron chi connectivity index (χ2n) is 9.50. The predicted octanol–water partition coefficient (Wildman–Crippen LogP) is 7.43. The van der Waals surface area contributed by atoms with Gasteiger partial charge >= 0.3 is 5.97 Å². The molecule has 37 heavy (non-hydrogen) atoms. The maximum Gasteiger partial charge on any atom is 0.331 e. The first-order valence-corrected chi connectivity index (χ1v) is 12.9. The molecule has 7 heteroatoms. The van der Waals surface area contributed by atoms with E-state index in [1.807, 2.05) is 48.5 Å². The third-order valence-corrected chi connectivity index (χ3v) is 6.88. The Balaban J connectivity index is 1.86. The number of unbranched alkanes of at least 4 members (excludes halogenated alkanes) is 1. The van der Waals surface area contributed by atoms with Crippen molar-refractivity contribution >= 4 is 39.2 Å². The summed E-state index contributed by atoms with van der Waals surface area (Å²) >= 11 is 0. The Labute approximate surface area is 216 Å². The van der Waals surface area contributed by atoms with Crippen molar-refractivity contribution in [2.24, 2.45) is 11.1 Å². The monoisotopic (exact) mass is 499 g/mol. The standard InChI is InChI=1S/C30H33N3O4/c1-4-6-10-22(5-2)20-32-29-15-13-24(18-26(29)27-19-25(33(35)36)14-16-30(27)32)28(31-37-21(3)34)17-23-11-8-7-9-12-23/h7-9,11-16,18-19,22H,4-6,10,17,20H2,1-3H3/b31-28+. The molecule has 0 bridgehead atoms. The van der Waals surface area contributed by atoms with Crippen LogP contribution in [0.15, 0.2) is 71.9 Å². The topological polar surface area (TPSA) is 86.7 Å². The van der Waals surface area contributed by atoms with Gasteiger partial charge in [-0.05, 0) is 36.1 Å². The summed E-state index contributed by atoms with van der Waals surface area (Å²) in [4.78, 5) is 27.8. The molecule has 0 saturated carbocycles. The van der Waals surface area contributed by atoms with Gasteiger partial charge in [-0.1, -0.05) is 74.7 Å². The molecule has 0 spiro atoms. The summed E-state index contributed by atoms with van der Waals surface area (Å²) < 4.78 is 2.29. The number of oxime groups is 1. The normalized spacial score (nSPS) is 12.7. The van der Waals surface area contributed by atoms with Crippen LogP contribution in [0.5, 0.6) is 0 Å². The zero-order valence-corrected chi connectivity index (χ0v) is 21.6. The quantitative estimate of drug-likeness (QED) is 0.0929. The Kier molecular flexibility index (Phi) is 8.33. The molecule has 0 radical (unpaired) electrons. The number of hydrogen-bond donors (Lipinski definition) is 0. The van der Waals surface area contributed by atoms with Crippen LogP contribution >= 0.6 is 0 Å². The molecular formula is C30H33N3O4. The number of fused-ring (bicyclic) bond motifs is 3. The van der Waals surface area contributed by atoms with Crippen molar-refractivity contribution in [1.29, 1.82) is 0 Å². The van der Waals surface area contributed by atoms with Gasteiger partial charge in [0, 0.05) is 59.4 Å². The first-order valence-electron chi connectivity index (χ1n) is 12.9. The molecule has 0 fully saturated rings. The van der Waals surface area contributed by atoms with Crippen molar-refractivity contribution in [3.05, 3.63) is 88.0 Å². The Morgan fingerprint density at radius 2 is 1.73 bits per heavy atom. The summed E-state index contributed by atoms with van der Waals surface area (Å²) in [6.07, 6.45) is 5.04. The molecule has 0 N–H and O–H groups in total. The van der Waals surface area contributed by atoms with Gasteiger partial charge in [0.1, 0.15) is 0 Å². The van der Waals surface area contributed by atoms with Gasteiger partial charge in [-0.25, -0.2) is 4.79 Å². The highest BCUT2D eigenvalue weighted by Gasteiger charge is 2.19. The number of benzene rings is 3. The zero-order valence-electron chi connectivity index (χ0n) is 21.6. The fraction of sp³-hybridized carbons (Fsp3) is 0.333. The van der Waals surface area contributed by atoms with Crippen LogP contribution in [0.2, 0.25) is 0 Å². The van der Waals surface area contributed by atoms with E-state index >= 15 is 0 Å². The van der Waals surface area contributed by atoms with Crippen molar-refractivity contribution < 1.29 is 14.6 Å². The third kappa shape index (κ3) is 6.05. The van der Waals surface area contributed by atoms with Crippen LogP contribution in [0, 0.1) is 16.0 Å². The molecule has 0 saturated heterocycles. The lowest BCUT2D eigenvalue weighted by Gasteiger charge is -2.17. The highest BCUT2D eigenvalue weighted by Crippen LogP contribution is 2.34. The van der Waals surface area contributed by atoms with Crippen LogP contribution in [0.3, 0.4) is 0 Å². The number of carbonyl (C=O) groups excluding carboxylic acids is 1. The molecule has 192 valence electrons. The second kappa shape index (κ2) is 11.8. The van der Waals surface area contributed by atoms with E-state index in [1.54, 1.807) is 12.1 Å². The van der Waals surface area contributed by atoms with Crippen LogP contribution in [0.4, 0.5) is 5.69 Å². The number of nitrogens with zero attached hydrogens (tertiary/aromatic N) is 3. The molecule has 1 atom stereocenters. The maximum atomic E-state index is 11.6. The van der Waals surface area contributed by atoms with Crippen molar-refractivity contribution in [1.82, 2.24) is 4.57 Å². The molecule has 0 aliphatic rings. The molecule has 0 aliphatic heterocycles. The van der Waals surface area contributed by atoms with Gasteiger partial charge in [0.15, 0.2) is 0 Å². The second-order valence-corrected chi connectivity index (χ2v) is 9.50. The first kappa shape index (κ1) is 26.1. The minimum Gasteiger partial charge on any atom is -0.340 e. The summed E-state index contributed by atoms with van der Waals surface area (Å²) in [7, 11) is 0. The van der Waals surface area contributed by atoms with Gasteiger partial charge in [0.25, 0.3) is 5.69 Å². The average molecular weight is 500 g/mol. The SMILES string of the molecule is CCCCC(CC)Cn1c2ccc(/C(Cc3ccccc3)=N/OC(C)=O)cc2c2cc([N+](=O)[O-])ccc21.